The minimum Gasteiger partial charge on any atom is -0.490 e. The Morgan fingerprint density at radius 1 is 0.973 bits per heavy atom. The Balaban J connectivity index is 1.14. The fourth-order valence-corrected chi connectivity index (χ4v) is 5.75. The Bertz CT molecular complexity index is 1050. The van der Waals surface area contributed by atoms with Gasteiger partial charge in [0.2, 0.25) is 0 Å². The minimum atomic E-state index is -0.0636. The summed E-state index contributed by atoms with van der Waals surface area (Å²) in [6.07, 6.45) is 4.18. The van der Waals surface area contributed by atoms with Crippen LogP contribution in [0.25, 0.3) is 0 Å². The molecule has 0 bridgehead atoms. The van der Waals surface area contributed by atoms with Crippen molar-refractivity contribution in [3.05, 3.63) is 59.2 Å². The highest BCUT2D eigenvalue weighted by atomic mass is 16.5. The van der Waals surface area contributed by atoms with E-state index in [0.29, 0.717) is 17.9 Å². The van der Waals surface area contributed by atoms with Crippen LogP contribution in [-0.4, -0.2) is 92.3 Å². The molecule has 2 aromatic rings. The van der Waals surface area contributed by atoms with Crippen molar-refractivity contribution >= 4 is 5.91 Å². The second-order valence-corrected chi connectivity index (χ2v) is 10.6. The zero-order valence-corrected chi connectivity index (χ0v) is 22.4. The van der Waals surface area contributed by atoms with E-state index in [1.807, 2.05) is 30.0 Å². The van der Waals surface area contributed by atoms with Gasteiger partial charge in [-0.1, -0.05) is 24.3 Å². The molecule has 1 atom stereocenters. The molecule has 1 amide bonds. The number of piperidine rings is 1. The lowest BCUT2D eigenvalue weighted by molar-refractivity contribution is 0.0711. The molecule has 0 saturated carbocycles. The number of fused-ring (bicyclic) bond motifs is 2. The number of carbonyl (C=O) groups is 1. The maximum Gasteiger partial charge on any atom is 0.257 e. The van der Waals surface area contributed by atoms with Crippen LogP contribution in [0.4, 0.5) is 0 Å². The van der Waals surface area contributed by atoms with E-state index < -0.39 is 0 Å². The van der Waals surface area contributed by atoms with Crippen molar-refractivity contribution < 1.29 is 19.0 Å². The first-order valence-corrected chi connectivity index (χ1v) is 13.9. The SMILES string of the molecule is COCCN1CCC(Oc2ccc3c(c2)OC(C)CN(CCCN2CCc4ccccc4C2)C3=O)CC1. The van der Waals surface area contributed by atoms with Gasteiger partial charge in [-0.15, -0.1) is 0 Å². The van der Waals surface area contributed by atoms with Gasteiger partial charge in [0.05, 0.1) is 18.7 Å². The van der Waals surface area contributed by atoms with E-state index in [1.165, 1.54) is 11.1 Å². The monoisotopic (exact) mass is 507 g/mol. The largest absolute Gasteiger partial charge is 0.490 e. The van der Waals surface area contributed by atoms with Crippen LogP contribution in [0.1, 0.15) is 47.7 Å². The normalized spacial score (nSPS) is 21.2. The van der Waals surface area contributed by atoms with Crippen molar-refractivity contribution in [1.82, 2.24) is 14.7 Å². The smallest absolute Gasteiger partial charge is 0.257 e. The number of hydrogen-bond acceptors (Lipinski definition) is 6. The van der Waals surface area contributed by atoms with Crippen LogP contribution in [0.5, 0.6) is 11.5 Å². The van der Waals surface area contributed by atoms with Gasteiger partial charge >= 0.3 is 0 Å². The highest BCUT2D eigenvalue weighted by molar-refractivity contribution is 5.97. The Morgan fingerprint density at radius 2 is 1.78 bits per heavy atom. The number of rotatable bonds is 9. The molecule has 0 aromatic heterocycles. The molecular formula is C30H41N3O4. The lowest BCUT2D eigenvalue weighted by Crippen LogP contribution is -2.39. The molecule has 0 aliphatic carbocycles. The van der Waals surface area contributed by atoms with Gasteiger partial charge in [0, 0.05) is 59.0 Å². The van der Waals surface area contributed by atoms with Crippen molar-refractivity contribution in [2.75, 3.05) is 59.5 Å². The summed E-state index contributed by atoms with van der Waals surface area (Å²) >= 11 is 0. The zero-order chi connectivity index (χ0) is 25.6. The van der Waals surface area contributed by atoms with E-state index in [9.17, 15) is 4.79 Å². The first kappa shape index (κ1) is 26.0. The summed E-state index contributed by atoms with van der Waals surface area (Å²) in [4.78, 5) is 20.3. The summed E-state index contributed by atoms with van der Waals surface area (Å²) in [5, 5.41) is 0. The Hall–Kier alpha value is -2.61. The summed E-state index contributed by atoms with van der Waals surface area (Å²) in [6, 6.07) is 14.5. The topological polar surface area (TPSA) is 54.5 Å². The van der Waals surface area contributed by atoms with Gasteiger partial charge < -0.3 is 24.0 Å². The summed E-state index contributed by atoms with van der Waals surface area (Å²) in [5.41, 5.74) is 3.54. The van der Waals surface area contributed by atoms with Gasteiger partial charge in [-0.2, -0.15) is 0 Å². The van der Waals surface area contributed by atoms with E-state index in [-0.39, 0.29) is 18.1 Å². The Morgan fingerprint density at radius 3 is 2.59 bits per heavy atom. The molecule has 7 nitrogen and oxygen atoms in total. The highest BCUT2D eigenvalue weighted by Gasteiger charge is 2.28. The fraction of sp³-hybridized carbons (Fsp3) is 0.567. The number of benzene rings is 2. The predicted molar refractivity (Wildman–Crippen MR) is 144 cm³/mol. The predicted octanol–water partition coefficient (Wildman–Crippen LogP) is 3.85. The van der Waals surface area contributed by atoms with Crippen LogP contribution in [0.2, 0.25) is 0 Å². The third-order valence-corrected chi connectivity index (χ3v) is 7.84. The van der Waals surface area contributed by atoms with E-state index in [4.69, 9.17) is 14.2 Å². The molecule has 1 fully saturated rings. The minimum absolute atomic E-state index is 0.0568. The van der Waals surface area contributed by atoms with Gasteiger partial charge in [0.25, 0.3) is 5.91 Å². The van der Waals surface area contributed by atoms with Crippen molar-refractivity contribution in [3.63, 3.8) is 0 Å². The zero-order valence-electron chi connectivity index (χ0n) is 22.4. The number of hydrogen-bond donors (Lipinski definition) is 0. The van der Waals surface area contributed by atoms with Crippen LogP contribution in [0, 0.1) is 0 Å². The summed E-state index contributed by atoms with van der Waals surface area (Å²) in [5.74, 6) is 1.48. The van der Waals surface area contributed by atoms with Crippen LogP contribution < -0.4 is 9.47 Å². The quantitative estimate of drug-likeness (QED) is 0.514. The third kappa shape index (κ3) is 6.64. The molecular weight excluding hydrogens is 466 g/mol. The van der Waals surface area contributed by atoms with Crippen LogP contribution >= 0.6 is 0 Å². The van der Waals surface area contributed by atoms with E-state index in [0.717, 1.165) is 83.9 Å². The van der Waals surface area contributed by atoms with E-state index in [1.54, 1.807) is 7.11 Å². The van der Waals surface area contributed by atoms with Gasteiger partial charge in [0.15, 0.2) is 0 Å². The summed E-state index contributed by atoms with van der Waals surface area (Å²) in [6.45, 7) is 10.2. The molecule has 7 heteroatoms. The number of carbonyl (C=O) groups excluding carboxylic acids is 1. The molecule has 2 aromatic carbocycles. The molecule has 200 valence electrons. The van der Waals surface area contributed by atoms with Gasteiger partial charge in [-0.25, -0.2) is 0 Å². The number of likely N-dealkylation sites (tertiary alicyclic amines) is 1. The van der Waals surface area contributed by atoms with Crippen LogP contribution in [0.3, 0.4) is 0 Å². The molecule has 0 N–H and O–H groups in total. The van der Waals surface area contributed by atoms with Crippen molar-refractivity contribution in [2.45, 2.75) is 51.4 Å². The number of amides is 1. The lowest BCUT2D eigenvalue weighted by atomic mass is 10.00. The van der Waals surface area contributed by atoms with Crippen molar-refractivity contribution in [3.8, 4) is 11.5 Å². The first-order valence-electron chi connectivity index (χ1n) is 13.9. The fourth-order valence-electron chi connectivity index (χ4n) is 5.75. The second kappa shape index (κ2) is 12.3. The Kier molecular flexibility index (Phi) is 8.64. The standard InChI is InChI=1S/C30H41N3O4/c1-23-21-33(14-5-13-32-15-10-24-6-3-4-7-25(24)22-32)30(34)28-9-8-27(20-29(28)36-23)37-26-11-16-31(17-12-26)18-19-35-2/h3-4,6-9,20,23,26H,5,10-19,21-22H2,1-2H3. The van der Waals surface area contributed by atoms with Gasteiger partial charge in [0.1, 0.15) is 23.7 Å². The molecule has 5 rings (SSSR count). The maximum absolute atomic E-state index is 13.4. The second-order valence-electron chi connectivity index (χ2n) is 10.6. The van der Waals surface area contributed by atoms with Crippen LogP contribution in [-0.2, 0) is 17.7 Å². The summed E-state index contributed by atoms with van der Waals surface area (Å²) < 4.78 is 17.7. The molecule has 3 aliphatic heterocycles. The van der Waals surface area contributed by atoms with E-state index in [2.05, 4.69) is 34.1 Å². The molecule has 37 heavy (non-hydrogen) atoms. The highest BCUT2D eigenvalue weighted by Crippen LogP contribution is 2.31. The maximum atomic E-state index is 13.4. The number of nitrogens with zero attached hydrogens (tertiary/aromatic N) is 3. The lowest BCUT2D eigenvalue weighted by Gasteiger charge is -2.32. The van der Waals surface area contributed by atoms with Crippen LogP contribution in [0.15, 0.2) is 42.5 Å². The average Bonchev–Trinajstić information content (AvgIpc) is 3.03. The number of methoxy groups -OCH3 is 1. The molecule has 0 radical (unpaired) electrons. The van der Waals surface area contributed by atoms with Crippen molar-refractivity contribution in [1.29, 1.82) is 0 Å². The van der Waals surface area contributed by atoms with Gasteiger partial charge in [-0.05, 0) is 55.9 Å². The Labute approximate surface area is 221 Å². The molecule has 3 heterocycles. The van der Waals surface area contributed by atoms with Gasteiger partial charge in [-0.3, -0.25) is 9.69 Å². The average molecular weight is 508 g/mol. The van der Waals surface area contributed by atoms with Crippen molar-refractivity contribution in [2.24, 2.45) is 0 Å². The number of ether oxygens (including phenoxy) is 3. The molecule has 3 aliphatic rings. The molecule has 0 spiro atoms. The van der Waals surface area contributed by atoms with E-state index >= 15 is 0 Å². The summed E-state index contributed by atoms with van der Waals surface area (Å²) in [7, 11) is 1.75. The first-order chi connectivity index (χ1) is 18.1. The third-order valence-electron chi connectivity index (χ3n) is 7.84. The molecule has 1 unspecified atom stereocenters. The molecule has 1 saturated heterocycles.